The molecular weight excluding hydrogens is 372 g/mol. The van der Waals surface area contributed by atoms with Gasteiger partial charge in [0.2, 0.25) is 0 Å². The minimum atomic E-state index is -1.02. The summed E-state index contributed by atoms with van der Waals surface area (Å²) in [5.74, 6) is -2.35. The molecule has 0 spiro atoms. The Morgan fingerprint density at radius 1 is 1.25 bits per heavy atom. The summed E-state index contributed by atoms with van der Waals surface area (Å²) in [6.07, 6.45) is 2.13. The van der Waals surface area contributed by atoms with Crippen molar-refractivity contribution >= 4 is 12.1 Å². The molecule has 28 heavy (non-hydrogen) atoms. The maximum Gasteiger partial charge on any atom is 0.410 e. The number of carbonyl (C=O) groups is 2. The Morgan fingerprint density at radius 3 is 2.57 bits per heavy atom. The van der Waals surface area contributed by atoms with Gasteiger partial charge in [-0.2, -0.15) is 0 Å². The second-order valence-electron chi connectivity index (χ2n) is 7.36. The molecule has 0 aromatic heterocycles. The lowest BCUT2D eigenvalue weighted by Gasteiger charge is -2.27. The molecule has 2 rings (SSSR count). The van der Waals surface area contributed by atoms with E-state index in [4.69, 9.17) is 14.2 Å². The number of halogens is 2. The highest BCUT2D eigenvalue weighted by atomic mass is 19.2. The van der Waals surface area contributed by atoms with Gasteiger partial charge in [-0.25, -0.2) is 18.4 Å². The molecule has 1 saturated heterocycles. The van der Waals surface area contributed by atoms with E-state index < -0.39 is 41.4 Å². The molecule has 2 atom stereocenters. The summed E-state index contributed by atoms with van der Waals surface area (Å²) in [5, 5.41) is 0. The molecular formula is C20H25F2NO5. The van der Waals surface area contributed by atoms with Gasteiger partial charge in [-0.15, -0.1) is 0 Å². The third-order valence-electron chi connectivity index (χ3n) is 3.87. The van der Waals surface area contributed by atoms with E-state index in [2.05, 4.69) is 0 Å². The molecule has 1 amide bonds. The zero-order valence-corrected chi connectivity index (χ0v) is 16.4. The maximum absolute atomic E-state index is 13.4. The highest BCUT2D eigenvalue weighted by molar-refractivity contribution is 5.82. The summed E-state index contributed by atoms with van der Waals surface area (Å²) in [7, 11) is 0. The molecule has 0 radical (unpaired) electrons. The number of ether oxygens (including phenoxy) is 3. The monoisotopic (exact) mass is 397 g/mol. The van der Waals surface area contributed by atoms with E-state index in [1.807, 2.05) is 0 Å². The second-order valence-corrected chi connectivity index (χ2v) is 7.36. The SMILES string of the molecule is CCOC(=O)/C=C/[C@@H]1C[C@H](Oc2ccc(F)c(F)c2)CN1C(=O)OC(C)(C)C. The fraction of sp³-hybridized carbons (Fsp3) is 0.500. The lowest BCUT2D eigenvalue weighted by molar-refractivity contribution is -0.137. The molecule has 1 aromatic rings. The zero-order valence-electron chi connectivity index (χ0n) is 16.4. The molecule has 0 aliphatic carbocycles. The van der Waals surface area contributed by atoms with Gasteiger partial charge in [-0.1, -0.05) is 6.08 Å². The molecule has 0 saturated carbocycles. The molecule has 0 bridgehead atoms. The Balaban J connectivity index is 2.13. The van der Waals surface area contributed by atoms with E-state index in [-0.39, 0.29) is 18.9 Å². The van der Waals surface area contributed by atoms with Crippen LogP contribution in [0.15, 0.2) is 30.4 Å². The van der Waals surface area contributed by atoms with Gasteiger partial charge < -0.3 is 14.2 Å². The molecule has 1 aliphatic heterocycles. The van der Waals surface area contributed by atoms with E-state index in [0.29, 0.717) is 6.42 Å². The molecule has 1 aliphatic rings. The number of likely N-dealkylation sites (tertiary alicyclic amines) is 1. The van der Waals surface area contributed by atoms with Crippen LogP contribution < -0.4 is 4.74 Å². The first kappa shape index (κ1) is 21.7. The Bertz CT molecular complexity index is 745. The van der Waals surface area contributed by atoms with Crippen molar-refractivity contribution < 1.29 is 32.6 Å². The van der Waals surface area contributed by atoms with Crippen molar-refractivity contribution in [3.8, 4) is 5.75 Å². The van der Waals surface area contributed by atoms with Gasteiger partial charge in [0.15, 0.2) is 11.6 Å². The average molecular weight is 397 g/mol. The van der Waals surface area contributed by atoms with Crippen LogP contribution in [0.1, 0.15) is 34.1 Å². The van der Waals surface area contributed by atoms with Crippen LogP contribution in [-0.4, -0.2) is 47.9 Å². The van der Waals surface area contributed by atoms with Crippen molar-refractivity contribution in [2.45, 2.75) is 51.9 Å². The van der Waals surface area contributed by atoms with Gasteiger partial charge in [0.1, 0.15) is 17.5 Å². The van der Waals surface area contributed by atoms with E-state index in [0.717, 1.165) is 12.1 Å². The van der Waals surface area contributed by atoms with Crippen LogP contribution in [0, 0.1) is 11.6 Å². The first-order valence-electron chi connectivity index (χ1n) is 9.05. The van der Waals surface area contributed by atoms with Gasteiger partial charge >= 0.3 is 12.1 Å². The van der Waals surface area contributed by atoms with Gasteiger partial charge in [0, 0.05) is 18.6 Å². The lowest BCUT2D eigenvalue weighted by Crippen LogP contribution is -2.39. The largest absolute Gasteiger partial charge is 0.488 e. The number of hydrogen-bond donors (Lipinski definition) is 0. The van der Waals surface area contributed by atoms with Crippen molar-refractivity contribution in [3.05, 3.63) is 42.0 Å². The fourth-order valence-electron chi connectivity index (χ4n) is 2.75. The number of esters is 1. The number of nitrogens with zero attached hydrogens (tertiary/aromatic N) is 1. The van der Waals surface area contributed by atoms with E-state index >= 15 is 0 Å². The van der Waals surface area contributed by atoms with Crippen LogP contribution in [0.5, 0.6) is 5.75 Å². The third kappa shape index (κ3) is 6.21. The quantitative estimate of drug-likeness (QED) is 0.558. The summed E-state index contributed by atoms with van der Waals surface area (Å²) < 4.78 is 42.5. The number of rotatable bonds is 5. The lowest BCUT2D eigenvalue weighted by atomic mass is 10.2. The van der Waals surface area contributed by atoms with Gasteiger partial charge in [-0.3, -0.25) is 4.90 Å². The summed E-state index contributed by atoms with van der Waals surface area (Å²) in [4.78, 5) is 25.6. The van der Waals surface area contributed by atoms with E-state index in [1.165, 1.54) is 17.0 Å². The average Bonchev–Trinajstić information content (AvgIpc) is 2.98. The molecule has 8 heteroatoms. The molecule has 1 aromatic carbocycles. The zero-order chi connectivity index (χ0) is 20.9. The Morgan fingerprint density at radius 2 is 1.96 bits per heavy atom. The second kappa shape index (κ2) is 9.03. The summed E-state index contributed by atoms with van der Waals surface area (Å²) >= 11 is 0. The van der Waals surface area contributed by atoms with Gasteiger partial charge in [0.25, 0.3) is 0 Å². The minimum absolute atomic E-state index is 0.156. The van der Waals surface area contributed by atoms with E-state index in [9.17, 15) is 18.4 Å². The van der Waals surface area contributed by atoms with Crippen LogP contribution in [0.25, 0.3) is 0 Å². The van der Waals surface area contributed by atoms with Crippen LogP contribution in [0.4, 0.5) is 13.6 Å². The Kier molecular flexibility index (Phi) is 6.99. The summed E-state index contributed by atoms with van der Waals surface area (Å²) in [6, 6.07) is 2.78. The fourth-order valence-corrected chi connectivity index (χ4v) is 2.75. The number of hydrogen-bond acceptors (Lipinski definition) is 5. The third-order valence-corrected chi connectivity index (χ3v) is 3.87. The smallest absolute Gasteiger partial charge is 0.410 e. The normalized spacial score (nSPS) is 19.7. The molecule has 0 unspecified atom stereocenters. The van der Waals surface area contributed by atoms with Crippen LogP contribution in [-0.2, 0) is 14.3 Å². The number of carbonyl (C=O) groups excluding carboxylic acids is 2. The van der Waals surface area contributed by atoms with Crippen molar-refractivity contribution in [3.63, 3.8) is 0 Å². The predicted molar refractivity (Wildman–Crippen MR) is 97.9 cm³/mol. The highest BCUT2D eigenvalue weighted by Gasteiger charge is 2.37. The van der Waals surface area contributed by atoms with E-state index in [1.54, 1.807) is 33.8 Å². The van der Waals surface area contributed by atoms with Crippen molar-refractivity contribution in [1.29, 1.82) is 0 Å². The van der Waals surface area contributed by atoms with Crippen LogP contribution >= 0.6 is 0 Å². The maximum atomic E-state index is 13.4. The van der Waals surface area contributed by atoms with Gasteiger partial charge in [0.05, 0.1) is 19.2 Å². The van der Waals surface area contributed by atoms with Crippen molar-refractivity contribution in [1.82, 2.24) is 4.90 Å². The number of amides is 1. The molecule has 6 nitrogen and oxygen atoms in total. The standard InChI is InChI=1S/C20H25F2NO5/c1-5-26-18(24)9-6-13-10-15(12-23(13)19(25)28-20(2,3)4)27-14-7-8-16(21)17(22)11-14/h6-9,11,13,15H,5,10,12H2,1-4H3/b9-6+/t13-,15+/m1/s1. The van der Waals surface area contributed by atoms with Crippen LogP contribution in [0.3, 0.4) is 0 Å². The Hall–Kier alpha value is -2.64. The summed E-state index contributed by atoms with van der Waals surface area (Å²) in [5.41, 5.74) is -0.689. The molecule has 1 heterocycles. The molecule has 154 valence electrons. The first-order valence-corrected chi connectivity index (χ1v) is 9.05. The number of benzene rings is 1. The topological polar surface area (TPSA) is 65.1 Å². The molecule has 1 fully saturated rings. The first-order chi connectivity index (χ1) is 13.1. The molecule has 0 N–H and O–H groups in total. The predicted octanol–water partition coefficient (Wildman–Crippen LogP) is 3.84. The summed E-state index contributed by atoms with van der Waals surface area (Å²) in [6.45, 7) is 7.36. The van der Waals surface area contributed by atoms with Gasteiger partial charge in [-0.05, 0) is 39.8 Å². The highest BCUT2D eigenvalue weighted by Crippen LogP contribution is 2.26. The Labute approximate surface area is 163 Å². The van der Waals surface area contributed by atoms with Crippen molar-refractivity contribution in [2.24, 2.45) is 0 Å². The van der Waals surface area contributed by atoms with Crippen molar-refractivity contribution in [2.75, 3.05) is 13.2 Å². The minimum Gasteiger partial charge on any atom is -0.488 e. The van der Waals surface area contributed by atoms with Crippen LogP contribution in [0.2, 0.25) is 0 Å².